The Labute approximate surface area is 143 Å². The van der Waals surface area contributed by atoms with E-state index in [0.717, 1.165) is 12.1 Å². The van der Waals surface area contributed by atoms with Gasteiger partial charge in [0.2, 0.25) is 5.91 Å². The van der Waals surface area contributed by atoms with Crippen LogP contribution in [0.3, 0.4) is 0 Å². The smallest absolute Gasteiger partial charge is 0.481 e. The molecule has 2 atom stereocenters. The number of alkyl halides is 3. The van der Waals surface area contributed by atoms with Crippen LogP contribution in [0.4, 0.5) is 18.9 Å². The van der Waals surface area contributed by atoms with E-state index in [4.69, 9.17) is 0 Å². The highest BCUT2D eigenvalue weighted by atomic mass is 19.4. The molecule has 0 bridgehead atoms. The van der Waals surface area contributed by atoms with Gasteiger partial charge in [-0.1, -0.05) is 13.8 Å². The monoisotopic (exact) mass is 359 g/mol. The third kappa shape index (κ3) is 3.72. The Hall–Kier alpha value is -2.25. The summed E-state index contributed by atoms with van der Waals surface area (Å²) in [6, 6.07) is 4.81. The summed E-state index contributed by atoms with van der Waals surface area (Å²) in [7, 11) is 0. The molecule has 0 radical (unpaired) electrons. The van der Waals surface area contributed by atoms with Crippen molar-refractivity contribution in [1.82, 2.24) is 0 Å². The lowest BCUT2D eigenvalue weighted by Crippen LogP contribution is -2.43. The number of nitrogens with one attached hydrogen (secondary N) is 1. The van der Waals surface area contributed by atoms with Crippen molar-refractivity contribution in [2.24, 2.45) is 16.7 Å². The molecular formula is C17H20F3NO4. The third-order valence-corrected chi connectivity index (χ3v) is 5.37. The number of carbonyl (C=O) groups is 2. The molecule has 0 spiro atoms. The SMILES string of the molecule is CC1(C)[C@H](C(=O)Nc2ccc(OC(F)(F)F)cc2)CC[C@]1(C)C(=O)O. The number of anilines is 1. The van der Waals surface area contributed by atoms with E-state index in [1.165, 1.54) is 12.1 Å². The van der Waals surface area contributed by atoms with E-state index in [1.54, 1.807) is 20.8 Å². The average molecular weight is 359 g/mol. The number of hydrogen-bond acceptors (Lipinski definition) is 3. The van der Waals surface area contributed by atoms with E-state index in [-0.39, 0.29) is 11.7 Å². The summed E-state index contributed by atoms with van der Waals surface area (Å²) in [4.78, 5) is 24.1. The number of carboxylic acid groups (broad SMARTS) is 1. The highest BCUT2D eigenvalue weighted by molar-refractivity contribution is 5.94. The Morgan fingerprint density at radius 3 is 2.20 bits per heavy atom. The van der Waals surface area contributed by atoms with E-state index < -0.39 is 29.1 Å². The van der Waals surface area contributed by atoms with Crippen LogP contribution in [0.15, 0.2) is 24.3 Å². The number of carboxylic acids is 1. The number of halogens is 3. The minimum Gasteiger partial charge on any atom is -0.481 e. The minimum absolute atomic E-state index is 0.319. The molecule has 8 heteroatoms. The van der Waals surface area contributed by atoms with E-state index in [1.807, 2.05) is 0 Å². The maximum Gasteiger partial charge on any atom is 0.573 e. The van der Waals surface area contributed by atoms with Gasteiger partial charge in [-0.25, -0.2) is 0 Å². The fourth-order valence-corrected chi connectivity index (χ4v) is 3.31. The molecular weight excluding hydrogens is 339 g/mol. The Morgan fingerprint density at radius 2 is 1.76 bits per heavy atom. The molecule has 138 valence electrons. The number of ether oxygens (including phenoxy) is 1. The Bertz CT molecular complexity index is 669. The first kappa shape index (κ1) is 19.1. The molecule has 1 aromatic rings. The fourth-order valence-electron chi connectivity index (χ4n) is 3.31. The van der Waals surface area contributed by atoms with Gasteiger partial charge in [-0.15, -0.1) is 13.2 Å². The molecule has 1 saturated carbocycles. The number of aliphatic carboxylic acids is 1. The van der Waals surface area contributed by atoms with Gasteiger partial charge in [0, 0.05) is 11.6 Å². The molecule has 0 aromatic heterocycles. The van der Waals surface area contributed by atoms with Gasteiger partial charge in [-0.3, -0.25) is 9.59 Å². The zero-order chi connectivity index (χ0) is 19.0. The van der Waals surface area contributed by atoms with E-state index >= 15 is 0 Å². The molecule has 0 unspecified atom stereocenters. The van der Waals surface area contributed by atoms with Crippen LogP contribution >= 0.6 is 0 Å². The van der Waals surface area contributed by atoms with Crippen LogP contribution in [0.25, 0.3) is 0 Å². The molecule has 1 amide bonds. The van der Waals surface area contributed by atoms with Gasteiger partial charge in [0.05, 0.1) is 5.41 Å². The second-order valence-electron chi connectivity index (χ2n) is 7.01. The van der Waals surface area contributed by atoms with E-state index in [0.29, 0.717) is 18.5 Å². The minimum atomic E-state index is -4.78. The van der Waals surface area contributed by atoms with Gasteiger partial charge < -0.3 is 15.2 Å². The topological polar surface area (TPSA) is 75.6 Å². The molecule has 1 aliphatic rings. The van der Waals surface area contributed by atoms with Crippen LogP contribution in [0.2, 0.25) is 0 Å². The first-order valence-electron chi connectivity index (χ1n) is 7.77. The molecule has 0 heterocycles. The molecule has 0 saturated heterocycles. The van der Waals surface area contributed by atoms with Gasteiger partial charge in [0.1, 0.15) is 5.75 Å². The van der Waals surface area contributed by atoms with Crippen molar-refractivity contribution in [3.63, 3.8) is 0 Å². The van der Waals surface area contributed by atoms with Crippen molar-refractivity contribution in [3.05, 3.63) is 24.3 Å². The molecule has 2 N–H and O–H groups in total. The molecule has 1 aliphatic carbocycles. The van der Waals surface area contributed by atoms with Crippen molar-refractivity contribution < 1.29 is 32.6 Å². The fraction of sp³-hybridized carbons (Fsp3) is 0.529. The predicted molar refractivity (Wildman–Crippen MR) is 84.0 cm³/mol. The maximum atomic E-state index is 12.5. The molecule has 2 rings (SSSR count). The second-order valence-corrected chi connectivity index (χ2v) is 7.01. The average Bonchev–Trinajstić information content (AvgIpc) is 2.71. The van der Waals surface area contributed by atoms with Crippen molar-refractivity contribution >= 4 is 17.6 Å². The lowest BCUT2D eigenvalue weighted by Gasteiger charge is -2.37. The normalized spacial score (nSPS) is 25.4. The number of carbonyl (C=O) groups excluding carboxylic acids is 1. The summed E-state index contributed by atoms with van der Waals surface area (Å²) >= 11 is 0. The lowest BCUT2D eigenvalue weighted by atomic mass is 9.65. The van der Waals surface area contributed by atoms with Crippen molar-refractivity contribution in [3.8, 4) is 5.75 Å². The van der Waals surface area contributed by atoms with Crippen molar-refractivity contribution in [1.29, 1.82) is 0 Å². The standard InChI is InChI=1S/C17H20F3NO4/c1-15(2)12(8-9-16(15,3)14(23)24)13(22)21-10-4-6-11(7-5-10)25-17(18,19)20/h4-7,12H,8-9H2,1-3H3,(H,21,22)(H,23,24)/t12-,16+/m0/s1. The molecule has 0 aliphatic heterocycles. The summed E-state index contributed by atoms with van der Waals surface area (Å²) in [6.45, 7) is 5.13. The largest absolute Gasteiger partial charge is 0.573 e. The maximum absolute atomic E-state index is 12.5. The van der Waals surface area contributed by atoms with Gasteiger partial charge in [-0.05, 0) is 49.4 Å². The highest BCUT2D eigenvalue weighted by Crippen LogP contribution is 2.56. The molecule has 5 nitrogen and oxygen atoms in total. The third-order valence-electron chi connectivity index (χ3n) is 5.37. The van der Waals surface area contributed by atoms with Crippen LogP contribution in [-0.4, -0.2) is 23.3 Å². The number of amides is 1. The van der Waals surface area contributed by atoms with Crippen LogP contribution < -0.4 is 10.1 Å². The summed E-state index contributed by atoms with van der Waals surface area (Å²) in [6.07, 6.45) is -3.97. The summed E-state index contributed by atoms with van der Waals surface area (Å²) in [5.74, 6) is -2.19. The van der Waals surface area contributed by atoms with Gasteiger partial charge >= 0.3 is 12.3 Å². The van der Waals surface area contributed by atoms with Gasteiger partial charge in [0.25, 0.3) is 0 Å². The second kappa shape index (κ2) is 6.24. The number of hydrogen-bond donors (Lipinski definition) is 2. The molecule has 25 heavy (non-hydrogen) atoms. The Balaban J connectivity index is 2.09. The summed E-state index contributed by atoms with van der Waals surface area (Å²) < 4.78 is 40.2. The van der Waals surface area contributed by atoms with Crippen molar-refractivity contribution in [2.45, 2.75) is 40.0 Å². The Morgan fingerprint density at radius 1 is 1.20 bits per heavy atom. The first-order valence-corrected chi connectivity index (χ1v) is 7.77. The van der Waals surface area contributed by atoms with Crippen molar-refractivity contribution in [2.75, 3.05) is 5.32 Å². The van der Waals surface area contributed by atoms with Crippen LogP contribution in [-0.2, 0) is 9.59 Å². The van der Waals surface area contributed by atoms with Gasteiger partial charge in [-0.2, -0.15) is 0 Å². The Kier molecular flexibility index (Phi) is 4.76. The van der Waals surface area contributed by atoms with Crippen LogP contribution in [0, 0.1) is 16.7 Å². The van der Waals surface area contributed by atoms with E-state index in [9.17, 15) is 27.9 Å². The summed E-state index contributed by atoms with van der Waals surface area (Å²) in [5, 5.41) is 12.1. The van der Waals surface area contributed by atoms with Gasteiger partial charge in [0.15, 0.2) is 0 Å². The van der Waals surface area contributed by atoms with E-state index in [2.05, 4.69) is 10.1 Å². The quantitative estimate of drug-likeness (QED) is 0.850. The zero-order valence-electron chi connectivity index (χ0n) is 14.1. The highest BCUT2D eigenvalue weighted by Gasteiger charge is 2.58. The lowest BCUT2D eigenvalue weighted by molar-refractivity contribution is -0.274. The molecule has 1 aromatic carbocycles. The van der Waals surface area contributed by atoms with Crippen LogP contribution in [0.5, 0.6) is 5.75 Å². The molecule has 1 fully saturated rings. The number of benzene rings is 1. The predicted octanol–water partition coefficient (Wildman–Crippen LogP) is 4.05. The number of rotatable bonds is 4. The van der Waals surface area contributed by atoms with Crippen LogP contribution in [0.1, 0.15) is 33.6 Å². The first-order chi connectivity index (χ1) is 11.4. The zero-order valence-corrected chi connectivity index (χ0v) is 14.1. The summed E-state index contributed by atoms with van der Waals surface area (Å²) in [5.41, 5.74) is -1.46.